The fourth-order valence-corrected chi connectivity index (χ4v) is 2.12. The molecular formula is C18H16N2O5. The van der Waals surface area contributed by atoms with Crippen LogP contribution < -0.4 is 0 Å². The van der Waals surface area contributed by atoms with Crippen molar-refractivity contribution < 1.29 is 24.2 Å². The largest absolute Gasteiger partial charge is 0.478 e. The average molecular weight is 340 g/mol. The Balaban J connectivity index is 2.31. The Morgan fingerprint density at radius 2 is 2.08 bits per heavy atom. The summed E-state index contributed by atoms with van der Waals surface area (Å²) in [4.78, 5) is 23.0. The number of nitriles is 1. The molecule has 1 aromatic heterocycles. The van der Waals surface area contributed by atoms with E-state index in [1.807, 2.05) is 6.07 Å². The van der Waals surface area contributed by atoms with E-state index in [4.69, 9.17) is 14.6 Å². The molecule has 128 valence electrons. The molecule has 0 saturated heterocycles. The number of hydrogen-bond acceptors (Lipinski definition) is 5. The topological polar surface area (TPSA) is 102 Å². The highest BCUT2D eigenvalue weighted by Crippen LogP contribution is 2.17. The van der Waals surface area contributed by atoms with E-state index in [0.29, 0.717) is 11.4 Å². The van der Waals surface area contributed by atoms with Crippen molar-refractivity contribution in [2.24, 2.45) is 0 Å². The van der Waals surface area contributed by atoms with Crippen molar-refractivity contribution in [1.29, 1.82) is 5.26 Å². The van der Waals surface area contributed by atoms with Crippen LogP contribution in [0, 0.1) is 11.3 Å². The van der Waals surface area contributed by atoms with E-state index in [2.05, 4.69) is 0 Å². The van der Waals surface area contributed by atoms with Gasteiger partial charge in [-0.25, -0.2) is 9.59 Å². The van der Waals surface area contributed by atoms with Crippen molar-refractivity contribution in [3.63, 3.8) is 0 Å². The van der Waals surface area contributed by atoms with Crippen LogP contribution >= 0.6 is 0 Å². The van der Waals surface area contributed by atoms with E-state index in [0.717, 1.165) is 0 Å². The summed E-state index contributed by atoms with van der Waals surface area (Å²) in [6.07, 6.45) is 3.10. The van der Waals surface area contributed by atoms with Crippen LogP contribution in [0.25, 0.3) is 11.8 Å². The van der Waals surface area contributed by atoms with E-state index in [9.17, 15) is 14.9 Å². The van der Waals surface area contributed by atoms with Crippen LogP contribution in [-0.4, -0.2) is 41.9 Å². The van der Waals surface area contributed by atoms with E-state index in [-0.39, 0.29) is 24.4 Å². The zero-order valence-electron chi connectivity index (χ0n) is 13.5. The number of aromatic carboxylic acids is 1. The molecular weight excluding hydrogens is 324 g/mol. The maximum Gasteiger partial charge on any atom is 0.349 e. The SMILES string of the molecule is COCCOC(=O)/C(C#N)=C/c1cccn1-c1cccc(C(=O)O)c1. The number of carbonyl (C=O) groups excluding carboxylic acids is 1. The van der Waals surface area contributed by atoms with Crippen LogP contribution in [0.1, 0.15) is 16.1 Å². The molecule has 0 fully saturated rings. The third-order valence-corrected chi connectivity index (χ3v) is 3.30. The highest BCUT2D eigenvalue weighted by atomic mass is 16.6. The number of hydrogen-bond donors (Lipinski definition) is 1. The second-order valence-corrected chi connectivity index (χ2v) is 4.96. The molecule has 0 spiro atoms. The molecule has 0 amide bonds. The van der Waals surface area contributed by atoms with E-state index < -0.39 is 11.9 Å². The van der Waals surface area contributed by atoms with Gasteiger partial charge in [-0.1, -0.05) is 6.07 Å². The van der Waals surface area contributed by atoms with Gasteiger partial charge >= 0.3 is 11.9 Å². The van der Waals surface area contributed by atoms with Crippen LogP contribution in [0.4, 0.5) is 0 Å². The fourth-order valence-electron chi connectivity index (χ4n) is 2.12. The minimum Gasteiger partial charge on any atom is -0.478 e. The van der Waals surface area contributed by atoms with Gasteiger partial charge in [-0.05, 0) is 36.4 Å². The summed E-state index contributed by atoms with van der Waals surface area (Å²) in [5.74, 6) is -1.78. The van der Waals surface area contributed by atoms with Crippen molar-refractivity contribution in [2.75, 3.05) is 20.3 Å². The summed E-state index contributed by atoms with van der Waals surface area (Å²) in [6.45, 7) is 0.291. The minimum atomic E-state index is -1.04. The predicted octanol–water partition coefficient (Wildman–Crippen LogP) is 2.27. The number of rotatable bonds is 7. The summed E-state index contributed by atoms with van der Waals surface area (Å²) in [5.41, 5.74) is 1.12. The molecule has 0 radical (unpaired) electrons. The molecule has 1 heterocycles. The number of benzene rings is 1. The van der Waals surface area contributed by atoms with Gasteiger partial charge in [-0.2, -0.15) is 5.26 Å². The maximum absolute atomic E-state index is 11.9. The molecule has 25 heavy (non-hydrogen) atoms. The predicted molar refractivity (Wildman–Crippen MR) is 89.2 cm³/mol. The van der Waals surface area contributed by atoms with Gasteiger partial charge in [0.2, 0.25) is 0 Å². The van der Waals surface area contributed by atoms with Crippen LogP contribution in [-0.2, 0) is 14.3 Å². The van der Waals surface area contributed by atoms with Gasteiger partial charge in [0, 0.05) is 24.7 Å². The molecule has 0 saturated carbocycles. The van der Waals surface area contributed by atoms with Gasteiger partial charge in [0.15, 0.2) is 0 Å². The molecule has 7 heteroatoms. The highest BCUT2D eigenvalue weighted by molar-refractivity contribution is 5.97. The second kappa shape index (κ2) is 8.47. The second-order valence-electron chi connectivity index (χ2n) is 4.96. The van der Waals surface area contributed by atoms with E-state index >= 15 is 0 Å². The molecule has 1 aromatic carbocycles. The quantitative estimate of drug-likeness (QED) is 0.359. The number of ether oxygens (including phenoxy) is 2. The first-order valence-electron chi connectivity index (χ1n) is 7.35. The Morgan fingerprint density at radius 3 is 2.76 bits per heavy atom. The lowest BCUT2D eigenvalue weighted by Gasteiger charge is -2.08. The fraction of sp³-hybridized carbons (Fsp3) is 0.167. The summed E-state index contributed by atoms with van der Waals surface area (Å²) >= 11 is 0. The lowest BCUT2D eigenvalue weighted by molar-refractivity contribution is -0.139. The lowest BCUT2D eigenvalue weighted by atomic mass is 10.2. The summed E-state index contributed by atoms with van der Waals surface area (Å²) in [6, 6.07) is 11.6. The molecule has 2 rings (SSSR count). The van der Waals surface area contributed by atoms with Crippen LogP contribution in [0.15, 0.2) is 48.2 Å². The Bertz CT molecular complexity index is 845. The number of carbonyl (C=O) groups is 2. The standard InChI is InChI=1S/C18H16N2O5/c1-24-8-9-25-18(23)14(12-19)11-16-6-3-7-20(16)15-5-2-4-13(10-15)17(21)22/h2-7,10-11H,8-9H2,1H3,(H,21,22)/b14-11+. The highest BCUT2D eigenvalue weighted by Gasteiger charge is 2.13. The number of aromatic nitrogens is 1. The molecule has 0 aliphatic carbocycles. The number of nitrogens with zero attached hydrogens (tertiary/aromatic N) is 2. The van der Waals surface area contributed by atoms with Crippen LogP contribution in [0.2, 0.25) is 0 Å². The van der Waals surface area contributed by atoms with Crippen LogP contribution in [0.3, 0.4) is 0 Å². The van der Waals surface area contributed by atoms with Crippen LogP contribution in [0.5, 0.6) is 0 Å². The normalized spacial score (nSPS) is 11.0. The Hall–Kier alpha value is -3.37. The summed E-state index contributed by atoms with van der Waals surface area (Å²) in [5, 5.41) is 18.3. The zero-order valence-corrected chi connectivity index (χ0v) is 13.5. The van der Waals surface area contributed by atoms with Gasteiger partial charge in [0.25, 0.3) is 0 Å². The number of carboxylic acids is 1. The van der Waals surface area contributed by atoms with Gasteiger partial charge < -0.3 is 19.1 Å². The third-order valence-electron chi connectivity index (χ3n) is 3.30. The molecule has 0 bridgehead atoms. The van der Waals surface area contributed by atoms with Gasteiger partial charge in [-0.15, -0.1) is 0 Å². The lowest BCUT2D eigenvalue weighted by Crippen LogP contribution is -2.11. The van der Waals surface area contributed by atoms with Crippen molar-refractivity contribution >= 4 is 18.0 Å². The van der Waals surface area contributed by atoms with Crippen molar-refractivity contribution in [3.8, 4) is 11.8 Å². The average Bonchev–Trinajstić information content (AvgIpc) is 3.08. The Labute approximate surface area is 144 Å². The molecule has 0 atom stereocenters. The molecule has 0 aliphatic rings. The monoisotopic (exact) mass is 340 g/mol. The maximum atomic E-state index is 11.9. The number of esters is 1. The Kier molecular flexibility index (Phi) is 6.09. The first-order valence-corrected chi connectivity index (χ1v) is 7.35. The number of methoxy groups -OCH3 is 1. The minimum absolute atomic E-state index is 0.0516. The van der Waals surface area contributed by atoms with E-state index in [1.54, 1.807) is 35.0 Å². The Morgan fingerprint density at radius 1 is 1.28 bits per heavy atom. The summed E-state index contributed by atoms with van der Waals surface area (Å²) in [7, 11) is 1.48. The molecule has 2 aromatic rings. The smallest absolute Gasteiger partial charge is 0.349 e. The van der Waals surface area contributed by atoms with Gasteiger partial charge in [0.1, 0.15) is 18.2 Å². The number of carboxylic acid groups (broad SMARTS) is 1. The molecule has 7 nitrogen and oxygen atoms in total. The zero-order chi connectivity index (χ0) is 18.2. The third kappa shape index (κ3) is 4.56. The van der Waals surface area contributed by atoms with Crippen molar-refractivity contribution in [1.82, 2.24) is 4.57 Å². The molecule has 1 N–H and O–H groups in total. The van der Waals surface area contributed by atoms with E-state index in [1.165, 1.54) is 25.3 Å². The van der Waals surface area contributed by atoms with Gasteiger partial charge in [-0.3, -0.25) is 0 Å². The summed E-state index contributed by atoms with van der Waals surface area (Å²) < 4.78 is 11.4. The molecule has 0 aliphatic heterocycles. The van der Waals surface area contributed by atoms with Crippen molar-refractivity contribution in [3.05, 3.63) is 59.4 Å². The first-order chi connectivity index (χ1) is 12.1. The molecule has 0 unspecified atom stereocenters. The first kappa shape index (κ1) is 18.0. The van der Waals surface area contributed by atoms with Gasteiger partial charge in [0.05, 0.1) is 12.2 Å². The van der Waals surface area contributed by atoms with Crippen molar-refractivity contribution in [2.45, 2.75) is 0 Å².